The number of aromatic nitrogens is 2. The maximum Gasteiger partial charge on any atom is 0.271 e. The first kappa shape index (κ1) is 11.6. The first-order valence-corrected chi connectivity index (χ1v) is 6.47. The number of carbonyl (C=O) groups excluding carboxylic acids is 1. The molecule has 2 atom stereocenters. The Morgan fingerprint density at radius 1 is 1.69 bits per heavy atom. The Kier molecular flexibility index (Phi) is 3.63. The Morgan fingerprint density at radius 3 is 3.06 bits per heavy atom. The number of halogens is 1. The molecule has 1 fully saturated rings. The molecule has 0 aromatic carbocycles. The summed E-state index contributed by atoms with van der Waals surface area (Å²) in [5, 5.41) is 2.94. The summed E-state index contributed by atoms with van der Waals surface area (Å²) >= 11 is 3.61. The highest BCUT2D eigenvalue weighted by Crippen LogP contribution is 2.29. The van der Waals surface area contributed by atoms with Crippen molar-refractivity contribution in [1.29, 1.82) is 0 Å². The number of carbonyl (C=O) groups is 1. The van der Waals surface area contributed by atoms with Gasteiger partial charge in [-0.05, 0) is 25.2 Å². The predicted octanol–water partition coefficient (Wildman–Crippen LogP) is 1.71. The number of hydrogen-bond donors (Lipinski definition) is 1. The van der Waals surface area contributed by atoms with Crippen LogP contribution in [0.1, 0.15) is 29.8 Å². The normalized spacial score (nSPS) is 24.6. The lowest BCUT2D eigenvalue weighted by Crippen LogP contribution is -2.28. The third kappa shape index (κ3) is 2.84. The Hall–Kier alpha value is -0.840. The lowest BCUT2D eigenvalue weighted by molar-refractivity contribution is 0.0943. The fourth-order valence-corrected chi connectivity index (χ4v) is 2.85. The van der Waals surface area contributed by atoms with Gasteiger partial charge in [-0.1, -0.05) is 15.9 Å². The molecule has 0 saturated heterocycles. The SMILES string of the molecule is Cn1cnc(C(=O)NCC2CCC(Br)C2)c1. The number of nitrogens with zero attached hydrogens (tertiary/aromatic N) is 2. The first-order valence-electron chi connectivity index (χ1n) is 5.55. The van der Waals surface area contributed by atoms with Crippen LogP contribution in [0, 0.1) is 5.92 Å². The van der Waals surface area contributed by atoms with Crippen molar-refractivity contribution in [3.05, 3.63) is 18.2 Å². The van der Waals surface area contributed by atoms with Gasteiger partial charge >= 0.3 is 0 Å². The minimum absolute atomic E-state index is 0.0707. The second-order valence-electron chi connectivity index (χ2n) is 4.41. The van der Waals surface area contributed by atoms with Crippen molar-refractivity contribution >= 4 is 21.8 Å². The van der Waals surface area contributed by atoms with Gasteiger partial charge in [0.25, 0.3) is 5.91 Å². The molecule has 2 unspecified atom stereocenters. The van der Waals surface area contributed by atoms with Crippen molar-refractivity contribution in [3.63, 3.8) is 0 Å². The minimum Gasteiger partial charge on any atom is -0.350 e. The molecule has 16 heavy (non-hydrogen) atoms. The van der Waals surface area contributed by atoms with Gasteiger partial charge in [-0.25, -0.2) is 4.98 Å². The van der Waals surface area contributed by atoms with Crippen molar-refractivity contribution in [2.75, 3.05) is 6.54 Å². The molecule has 1 aliphatic carbocycles. The average molecular weight is 286 g/mol. The van der Waals surface area contributed by atoms with Crippen molar-refractivity contribution in [2.24, 2.45) is 13.0 Å². The van der Waals surface area contributed by atoms with E-state index in [0.717, 1.165) is 13.0 Å². The van der Waals surface area contributed by atoms with Crippen molar-refractivity contribution < 1.29 is 4.79 Å². The summed E-state index contributed by atoms with van der Waals surface area (Å²) in [6.07, 6.45) is 6.93. The van der Waals surface area contributed by atoms with Gasteiger partial charge in [0, 0.05) is 24.6 Å². The standard InChI is InChI=1S/C11H16BrN3O/c1-15-6-10(14-7-15)11(16)13-5-8-2-3-9(12)4-8/h6-9H,2-5H2,1H3,(H,13,16). The summed E-state index contributed by atoms with van der Waals surface area (Å²) in [6.45, 7) is 0.761. The zero-order chi connectivity index (χ0) is 11.5. The molecule has 0 aliphatic heterocycles. The van der Waals surface area contributed by atoms with Gasteiger partial charge in [0.2, 0.25) is 0 Å². The summed E-state index contributed by atoms with van der Waals surface area (Å²) in [7, 11) is 1.86. The minimum atomic E-state index is -0.0707. The molecule has 1 heterocycles. The number of amides is 1. The zero-order valence-electron chi connectivity index (χ0n) is 9.32. The average Bonchev–Trinajstić information content (AvgIpc) is 2.84. The number of alkyl halides is 1. The second kappa shape index (κ2) is 4.99. The molecule has 5 heteroatoms. The van der Waals surface area contributed by atoms with E-state index in [9.17, 15) is 4.79 Å². The highest BCUT2D eigenvalue weighted by atomic mass is 79.9. The molecule has 1 saturated carbocycles. The quantitative estimate of drug-likeness (QED) is 0.860. The lowest BCUT2D eigenvalue weighted by Gasteiger charge is -2.09. The smallest absolute Gasteiger partial charge is 0.271 e. The maximum atomic E-state index is 11.7. The molecule has 1 aliphatic rings. The molecule has 1 amide bonds. The molecular formula is C11H16BrN3O. The molecule has 2 rings (SSSR count). The number of rotatable bonds is 3. The molecule has 0 radical (unpaired) electrons. The van der Waals surface area contributed by atoms with E-state index in [1.807, 2.05) is 7.05 Å². The Morgan fingerprint density at radius 2 is 2.50 bits per heavy atom. The van der Waals surface area contributed by atoms with Gasteiger partial charge in [0.15, 0.2) is 0 Å². The summed E-state index contributed by atoms with van der Waals surface area (Å²) in [4.78, 5) is 16.3. The van der Waals surface area contributed by atoms with Gasteiger partial charge in [-0.15, -0.1) is 0 Å². The van der Waals surface area contributed by atoms with Crippen LogP contribution in [0.2, 0.25) is 0 Å². The van der Waals surface area contributed by atoms with Crippen LogP contribution in [0.25, 0.3) is 0 Å². The fraction of sp³-hybridized carbons (Fsp3) is 0.636. The van der Waals surface area contributed by atoms with Crippen molar-refractivity contribution in [3.8, 4) is 0 Å². The van der Waals surface area contributed by atoms with Gasteiger partial charge < -0.3 is 9.88 Å². The molecule has 1 N–H and O–H groups in total. The fourth-order valence-electron chi connectivity index (χ4n) is 2.06. The van der Waals surface area contributed by atoms with E-state index in [1.54, 1.807) is 17.1 Å². The zero-order valence-corrected chi connectivity index (χ0v) is 10.9. The third-order valence-electron chi connectivity index (χ3n) is 2.97. The highest BCUT2D eigenvalue weighted by Gasteiger charge is 2.23. The Labute approximate surface area is 104 Å². The van der Waals surface area contributed by atoms with Gasteiger partial charge in [0.1, 0.15) is 5.69 Å². The van der Waals surface area contributed by atoms with Gasteiger partial charge in [-0.3, -0.25) is 4.79 Å². The van der Waals surface area contributed by atoms with E-state index in [4.69, 9.17) is 0 Å². The second-order valence-corrected chi connectivity index (χ2v) is 5.71. The largest absolute Gasteiger partial charge is 0.350 e. The van der Waals surface area contributed by atoms with Crippen LogP contribution in [0.5, 0.6) is 0 Å². The van der Waals surface area contributed by atoms with Crippen LogP contribution < -0.4 is 5.32 Å². The number of nitrogens with one attached hydrogen (secondary N) is 1. The molecule has 1 aromatic rings. The van der Waals surface area contributed by atoms with E-state index in [0.29, 0.717) is 16.4 Å². The molecule has 0 bridgehead atoms. The monoisotopic (exact) mass is 285 g/mol. The first-order chi connectivity index (χ1) is 7.65. The number of hydrogen-bond acceptors (Lipinski definition) is 2. The van der Waals surface area contributed by atoms with Crippen LogP contribution in [0.3, 0.4) is 0 Å². The highest BCUT2D eigenvalue weighted by molar-refractivity contribution is 9.09. The van der Waals surface area contributed by atoms with E-state index in [-0.39, 0.29) is 5.91 Å². The summed E-state index contributed by atoms with van der Waals surface area (Å²) in [5.74, 6) is 0.538. The van der Waals surface area contributed by atoms with E-state index < -0.39 is 0 Å². The number of aryl methyl sites for hydroxylation is 1. The van der Waals surface area contributed by atoms with Crippen LogP contribution in [-0.2, 0) is 7.05 Å². The molecule has 1 aromatic heterocycles. The number of imidazole rings is 1. The van der Waals surface area contributed by atoms with Crippen molar-refractivity contribution in [1.82, 2.24) is 14.9 Å². The topological polar surface area (TPSA) is 46.9 Å². The molecular weight excluding hydrogens is 270 g/mol. The summed E-state index contributed by atoms with van der Waals surface area (Å²) in [6, 6.07) is 0. The Bertz CT molecular complexity index is 377. The van der Waals surface area contributed by atoms with E-state index >= 15 is 0 Å². The van der Waals surface area contributed by atoms with Gasteiger partial charge in [0.05, 0.1) is 6.33 Å². The van der Waals surface area contributed by atoms with Crippen LogP contribution in [-0.4, -0.2) is 26.8 Å². The van der Waals surface area contributed by atoms with Crippen molar-refractivity contribution in [2.45, 2.75) is 24.1 Å². The summed E-state index contributed by atoms with van der Waals surface area (Å²) < 4.78 is 1.78. The lowest BCUT2D eigenvalue weighted by atomic mass is 10.1. The van der Waals surface area contributed by atoms with E-state index in [2.05, 4.69) is 26.2 Å². The maximum absolute atomic E-state index is 11.7. The molecule has 0 spiro atoms. The molecule has 88 valence electrons. The van der Waals surface area contributed by atoms with Crippen LogP contribution in [0.4, 0.5) is 0 Å². The third-order valence-corrected chi connectivity index (χ3v) is 3.80. The van der Waals surface area contributed by atoms with Gasteiger partial charge in [-0.2, -0.15) is 0 Å². The Balaban J connectivity index is 1.80. The van der Waals surface area contributed by atoms with Crippen LogP contribution in [0.15, 0.2) is 12.5 Å². The van der Waals surface area contributed by atoms with Crippen LogP contribution >= 0.6 is 15.9 Å². The summed E-state index contributed by atoms with van der Waals surface area (Å²) in [5.41, 5.74) is 0.496. The predicted molar refractivity (Wildman–Crippen MR) is 65.6 cm³/mol. The molecule has 4 nitrogen and oxygen atoms in total. The van der Waals surface area contributed by atoms with E-state index in [1.165, 1.54) is 12.8 Å².